The number of alkyl halides is 1. The summed E-state index contributed by atoms with van der Waals surface area (Å²) in [6, 6.07) is 0. The molecule has 0 fully saturated rings. The van der Waals surface area contributed by atoms with Crippen molar-refractivity contribution in [2.24, 2.45) is 0 Å². The van der Waals surface area contributed by atoms with Crippen LogP contribution in [0.15, 0.2) is 10.6 Å². The minimum Gasteiger partial charge on any atom is -0.0880 e. The number of unbranched alkanes of at least 4 members (excludes halogenated alkanes) is 3. The molecule has 2 heteroatoms. The molecule has 0 aromatic rings. The molecule has 0 aliphatic carbocycles. The normalized spacial score (nSPS) is 12.1. The molecule has 0 aliphatic heterocycles. The van der Waals surface area contributed by atoms with E-state index >= 15 is 0 Å². The molecule has 0 bridgehead atoms. The SMILES string of the molecule is CCCCCC/C(=C\Br)CBr. The summed E-state index contributed by atoms with van der Waals surface area (Å²) in [5.74, 6) is 0. The highest BCUT2D eigenvalue weighted by Gasteiger charge is 1.93. The van der Waals surface area contributed by atoms with Crippen molar-refractivity contribution >= 4 is 31.9 Å². The molecule has 0 amide bonds. The van der Waals surface area contributed by atoms with Gasteiger partial charge in [-0.25, -0.2) is 0 Å². The van der Waals surface area contributed by atoms with Crippen LogP contribution in [0, 0.1) is 0 Å². The maximum Gasteiger partial charge on any atom is 0.0250 e. The highest BCUT2D eigenvalue weighted by Crippen LogP contribution is 2.13. The van der Waals surface area contributed by atoms with Crippen LogP contribution in [0.2, 0.25) is 0 Å². The molecule has 0 N–H and O–H groups in total. The van der Waals surface area contributed by atoms with Gasteiger partial charge in [0.15, 0.2) is 0 Å². The molecule has 66 valence electrons. The van der Waals surface area contributed by atoms with Crippen LogP contribution < -0.4 is 0 Å². The van der Waals surface area contributed by atoms with Crippen LogP contribution in [-0.4, -0.2) is 5.33 Å². The minimum absolute atomic E-state index is 1.00. The summed E-state index contributed by atoms with van der Waals surface area (Å²) in [6.45, 7) is 2.24. The van der Waals surface area contributed by atoms with Crippen LogP contribution in [0.25, 0.3) is 0 Å². The van der Waals surface area contributed by atoms with Gasteiger partial charge in [0, 0.05) is 5.33 Å². The Hall–Kier alpha value is 0.700. The first-order valence-corrected chi connectivity index (χ1v) is 6.23. The molecule has 0 saturated carbocycles. The molecule has 0 rings (SSSR count). The molecule has 0 atom stereocenters. The van der Waals surface area contributed by atoms with E-state index in [0.29, 0.717) is 0 Å². The van der Waals surface area contributed by atoms with Gasteiger partial charge >= 0.3 is 0 Å². The highest BCUT2D eigenvalue weighted by atomic mass is 79.9. The third-order valence-electron chi connectivity index (χ3n) is 1.68. The van der Waals surface area contributed by atoms with E-state index in [0.717, 1.165) is 5.33 Å². The Morgan fingerprint density at radius 3 is 2.45 bits per heavy atom. The van der Waals surface area contributed by atoms with Gasteiger partial charge in [0.1, 0.15) is 0 Å². The van der Waals surface area contributed by atoms with Crippen molar-refractivity contribution in [3.63, 3.8) is 0 Å². The van der Waals surface area contributed by atoms with E-state index in [1.54, 1.807) is 0 Å². The molecule has 0 aliphatic rings. The van der Waals surface area contributed by atoms with Gasteiger partial charge in [0.05, 0.1) is 0 Å². The topological polar surface area (TPSA) is 0 Å². The van der Waals surface area contributed by atoms with Crippen molar-refractivity contribution in [1.82, 2.24) is 0 Å². The average molecular weight is 284 g/mol. The summed E-state index contributed by atoms with van der Waals surface area (Å²) in [6.07, 6.45) is 6.63. The summed E-state index contributed by atoms with van der Waals surface area (Å²) in [5, 5.41) is 1.00. The van der Waals surface area contributed by atoms with E-state index in [-0.39, 0.29) is 0 Å². The van der Waals surface area contributed by atoms with Crippen LogP contribution in [0.4, 0.5) is 0 Å². The average Bonchev–Trinajstić information content (AvgIpc) is 2.05. The van der Waals surface area contributed by atoms with Crippen LogP contribution in [-0.2, 0) is 0 Å². The number of hydrogen-bond acceptors (Lipinski definition) is 0. The van der Waals surface area contributed by atoms with Crippen molar-refractivity contribution in [1.29, 1.82) is 0 Å². The number of allylic oxidation sites excluding steroid dienone is 1. The Kier molecular flexibility index (Phi) is 9.35. The Morgan fingerprint density at radius 1 is 1.27 bits per heavy atom. The van der Waals surface area contributed by atoms with E-state index in [9.17, 15) is 0 Å². The van der Waals surface area contributed by atoms with Gasteiger partial charge in [-0.15, -0.1) is 0 Å². The molecular weight excluding hydrogens is 268 g/mol. The van der Waals surface area contributed by atoms with Crippen LogP contribution in [0.3, 0.4) is 0 Å². The number of halogens is 2. The second-order valence-electron chi connectivity index (χ2n) is 2.71. The van der Waals surface area contributed by atoms with E-state index < -0.39 is 0 Å². The monoisotopic (exact) mass is 282 g/mol. The molecular formula is C9H16Br2. The standard InChI is InChI=1S/C9H16Br2/c1-2-3-4-5-6-9(7-10)8-11/h7H,2-6,8H2,1H3/b9-7+. The third-order valence-corrected chi connectivity index (χ3v) is 3.05. The first-order valence-electron chi connectivity index (χ1n) is 4.19. The largest absolute Gasteiger partial charge is 0.0880 e. The van der Waals surface area contributed by atoms with Crippen LogP contribution >= 0.6 is 31.9 Å². The zero-order valence-electron chi connectivity index (χ0n) is 7.08. The second kappa shape index (κ2) is 8.79. The molecule has 0 spiro atoms. The number of rotatable bonds is 6. The molecule has 11 heavy (non-hydrogen) atoms. The summed E-state index contributed by atoms with van der Waals surface area (Å²) >= 11 is 6.80. The number of hydrogen-bond donors (Lipinski definition) is 0. The smallest absolute Gasteiger partial charge is 0.0250 e. The van der Waals surface area contributed by atoms with Gasteiger partial charge in [0.25, 0.3) is 0 Å². The third kappa shape index (κ3) is 7.07. The van der Waals surface area contributed by atoms with Crippen molar-refractivity contribution in [3.8, 4) is 0 Å². The summed E-state index contributed by atoms with van der Waals surface area (Å²) in [7, 11) is 0. The predicted molar refractivity (Wildman–Crippen MR) is 59.6 cm³/mol. The molecule has 0 aromatic heterocycles. The molecule has 0 unspecified atom stereocenters. The Balaban J connectivity index is 3.22. The first-order chi connectivity index (χ1) is 5.35. The predicted octanol–water partition coefficient (Wildman–Crippen LogP) is 4.63. The van der Waals surface area contributed by atoms with Crippen molar-refractivity contribution in [3.05, 3.63) is 10.6 Å². The maximum absolute atomic E-state index is 3.45. The van der Waals surface area contributed by atoms with Crippen molar-refractivity contribution in [2.45, 2.75) is 39.0 Å². The van der Waals surface area contributed by atoms with E-state index in [1.165, 1.54) is 37.7 Å². The fourth-order valence-electron chi connectivity index (χ4n) is 0.929. The van der Waals surface area contributed by atoms with Crippen LogP contribution in [0.5, 0.6) is 0 Å². The lowest BCUT2D eigenvalue weighted by Crippen LogP contribution is -1.84. The van der Waals surface area contributed by atoms with Gasteiger partial charge in [0.2, 0.25) is 0 Å². The molecule has 0 aromatic carbocycles. The Bertz CT molecular complexity index is 108. The summed E-state index contributed by atoms with van der Waals surface area (Å²) in [4.78, 5) is 2.04. The minimum atomic E-state index is 1.00. The van der Waals surface area contributed by atoms with Crippen molar-refractivity contribution < 1.29 is 0 Å². The zero-order valence-corrected chi connectivity index (χ0v) is 10.2. The van der Waals surface area contributed by atoms with Crippen LogP contribution in [0.1, 0.15) is 39.0 Å². The molecule has 0 saturated heterocycles. The molecule has 0 nitrogen and oxygen atoms in total. The lowest BCUT2D eigenvalue weighted by atomic mass is 10.1. The fraction of sp³-hybridized carbons (Fsp3) is 0.778. The quantitative estimate of drug-likeness (QED) is 0.492. The van der Waals surface area contributed by atoms with E-state index in [2.05, 4.69) is 38.8 Å². The molecule has 0 radical (unpaired) electrons. The first kappa shape index (κ1) is 11.7. The van der Waals surface area contributed by atoms with Gasteiger partial charge in [-0.05, 0) is 17.8 Å². The fourth-order valence-corrected chi connectivity index (χ4v) is 2.20. The van der Waals surface area contributed by atoms with E-state index in [4.69, 9.17) is 0 Å². The molecule has 0 heterocycles. The highest BCUT2D eigenvalue weighted by molar-refractivity contribution is 9.11. The van der Waals surface area contributed by atoms with Gasteiger partial charge < -0.3 is 0 Å². The second-order valence-corrected chi connectivity index (χ2v) is 3.73. The Morgan fingerprint density at radius 2 is 2.00 bits per heavy atom. The van der Waals surface area contributed by atoms with E-state index in [1.807, 2.05) is 4.99 Å². The summed E-state index contributed by atoms with van der Waals surface area (Å²) < 4.78 is 0. The van der Waals surface area contributed by atoms with Crippen molar-refractivity contribution in [2.75, 3.05) is 5.33 Å². The van der Waals surface area contributed by atoms with Gasteiger partial charge in [-0.2, -0.15) is 0 Å². The maximum atomic E-state index is 3.45. The van der Waals surface area contributed by atoms with Gasteiger partial charge in [-0.1, -0.05) is 63.6 Å². The Labute approximate surface area is 86.7 Å². The lowest BCUT2D eigenvalue weighted by Gasteiger charge is -2.00. The zero-order chi connectivity index (χ0) is 8.53. The summed E-state index contributed by atoms with van der Waals surface area (Å²) in [5.41, 5.74) is 1.46. The lowest BCUT2D eigenvalue weighted by molar-refractivity contribution is 0.665. The van der Waals surface area contributed by atoms with Gasteiger partial charge in [-0.3, -0.25) is 0 Å².